The molecule has 1 saturated carbocycles. The van der Waals surface area contributed by atoms with Crippen molar-refractivity contribution in [2.45, 2.75) is 38.1 Å². The van der Waals surface area contributed by atoms with Crippen LogP contribution in [0, 0.1) is 0 Å². The number of hydrogen-bond acceptors (Lipinski definition) is 4. The minimum atomic E-state index is -0.202. The first-order chi connectivity index (χ1) is 10.6. The van der Waals surface area contributed by atoms with Gasteiger partial charge in [0.25, 0.3) is 5.56 Å². The second-order valence-electron chi connectivity index (χ2n) is 5.71. The molecule has 0 radical (unpaired) electrons. The Kier molecular flexibility index (Phi) is 3.31. The van der Waals surface area contributed by atoms with Crippen LogP contribution >= 0.6 is 22.9 Å². The average Bonchev–Trinajstić information content (AvgIpc) is 2.88. The lowest BCUT2D eigenvalue weighted by atomic mass is 9.95. The fourth-order valence-electron chi connectivity index (χ4n) is 3.25. The van der Waals surface area contributed by atoms with Crippen LogP contribution in [0.4, 0.5) is 0 Å². The standard InChI is InChI=1S/C15H14ClN3O2S/c16-10-6-9(20)11-12-13(22-14(11)18-10)15(21)19(7-17-12)8-4-2-1-3-5-8/h6-8H,1-5H2,(H,18,20). The van der Waals surface area contributed by atoms with Crippen molar-refractivity contribution in [2.24, 2.45) is 0 Å². The zero-order chi connectivity index (χ0) is 15.3. The van der Waals surface area contributed by atoms with Crippen molar-refractivity contribution in [2.75, 3.05) is 0 Å². The molecule has 1 aliphatic carbocycles. The molecule has 114 valence electrons. The van der Waals surface area contributed by atoms with Gasteiger partial charge in [-0.05, 0) is 12.8 Å². The minimum Gasteiger partial charge on any atom is -0.337 e. The molecule has 22 heavy (non-hydrogen) atoms. The largest absolute Gasteiger partial charge is 0.337 e. The Bertz CT molecular complexity index is 982. The molecule has 0 aromatic carbocycles. The molecule has 0 amide bonds. The molecule has 0 unspecified atom stereocenters. The highest BCUT2D eigenvalue weighted by molar-refractivity contribution is 7.25. The van der Waals surface area contributed by atoms with Gasteiger partial charge in [-0.3, -0.25) is 14.2 Å². The number of aromatic nitrogens is 3. The Labute approximate surface area is 134 Å². The number of rotatable bonds is 1. The number of H-pyrrole nitrogens is 1. The third-order valence-corrected chi connectivity index (χ3v) is 5.61. The first-order valence-corrected chi connectivity index (χ1v) is 8.57. The van der Waals surface area contributed by atoms with Crippen molar-refractivity contribution < 1.29 is 0 Å². The maximum absolute atomic E-state index is 12.8. The lowest BCUT2D eigenvalue weighted by Gasteiger charge is -2.23. The van der Waals surface area contributed by atoms with Crippen LogP contribution in [0.3, 0.4) is 0 Å². The van der Waals surface area contributed by atoms with E-state index in [-0.39, 0.29) is 22.2 Å². The monoisotopic (exact) mass is 335 g/mol. The predicted molar refractivity (Wildman–Crippen MR) is 89.1 cm³/mol. The third-order valence-electron chi connectivity index (χ3n) is 4.33. The number of nitrogens with one attached hydrogen (secondary N) is 1. The summed E-state index contributed by atoms with van der Waals surface area (Å²) in [6, 6.07) is 1.55. The summed E-state index contributed by atoms with van der Waals surface area (Å²) in [6.45, 7) is 0. The summed E-state index contributed by atoms with van der Waals surface area (Å²) in [7, 11) is 0. The van der Waals surface area contributed by atoms with Crippen molar-refractivity contribution in [3.8, 4) is 0 Å². The van der Waals surface area contributed by atoms with Crippen molar-refractivity contribution in [3.05, 3.63) is 38.1 Å². The molecule has 1 aliphatic rings. The van der Waals surface area contributed by atoms with Gasteiger partial charge in [-0.25, -0.2) is 4.98 Å². The smallest absolute Gasteiger partial charge is 0.271 e. The molecule has 0 spiro atoms. The molecule has 3 aromatic heterocycles. The van der Waals surface area contributed by atoms with E-state index in [1.54, 1.807) is 10.9 Å². The van der Waals surface area contributed by atoms with E-state index in [1.165, 1.54) is 23.8 Å². The van der Waals surface area contributed by atoms with Gasteiger partial charge >= 0.3 is 0 Å². The number of aromatic amines is 1. The Morgan fingerprint density at radius 3 is 2.82 bits per heavy atom. The van der Waals surface area contributed by atoms with E-state index in [4.69, 9.17) is 11.6 Å². The first-order valence-electron chi connectivity index (χ1n) is 7.37. The van der Waals surface area contributed by atoms with Crippen LogP contribution in [-0.4, -0.2) is 14.5 Å². The number of hydrogen-bond donors (Lipinski definition) is 1. The maximum Gasteiger partial charge on any atom is 0.271 e. The van der Waals surface area contributed by atoms with Gasteiger partial charge in [0.05, 0.1) is 11.7 Å². The van der Waals surface area contributed by atoms with E-state index in [9.17, 15) is 9.59 Å². The summed E-state index contributed by atoms with van der Waals surface area (Å²) < 4.78 is 2.27. The lowest BCUT2D eigenvalue weighted by Crippen LogP contribution is -2.26. The number of thiophene rings is 1. The number of fused-ring (bicyclic) bond motifs is 3. The van der Waals surface area contributed by atoms with Crippen LogP contribution in [0.25, 0.3) is 20.4 Å². The molecular formula is C15H14ClN3O2S. The predicted octanol–water partition coefficient (Wildman–Crippen LogP) is 3.46. The molecule has 3 heterocycles. The summed E-state index contributed by atoms with van der Waals surface area (Å²) in [5.74, 6) is 0. The molecule has 1 N–H and O–H groups in total. The van der Waals surface area contributed by atoms with Gasteiger partial charge in [-0.1, -0.05) is 30.9 Å². The SMILES string of the molecule is O=c1cc(Cl)[nH]c2sc3c(=O)n(C4CCCCC4)cnc3c12. The maximum atomic E-state index is 12.8. The lowest BCUT2D eigenvalue weighted by molar-refractivity contribution is 0.345. The Balaban J connectivity index is 1.99. The van der Waals surface area contributed by atoms with Crippen LogP contribution in [0.2, 0.25) is 5.15 Å². The molecule has 4 rings (SSSR count). The second-order valence-corrected chi connectivity index (χ2v) is 7.14. The van der Waals surface area contributed by atoms with E-state index in [0.29, 0.717) is 20.4 Å². The van der Waals surface area contributed by atoms with Gasteiger partial charge in [-0.15, -0.1) is 11.3 Å². The van der Waals surface area contributed by atoms with Gasteiger partial charge in [-0.2, -0.15) is 0 Å². The number of nitrogens with zero attached hydrogens (tertiary/aromatic N) is 2. The fraction of sp³-hybridized carbons (Fsp3) is 0.400. The molecule has 3 aromatic rings. The highest BCUT2D eigenvalue weighted by Crippen LogP contribution is 2.30. The molecule has 5 nitrogen and oxygen atoms in total. The van der Waals surface area contributed by atoms with Crippen LogP contribution < -0.4 is 11.0 Å². The molecule has 0 bridgehead atoms. The normalized spacial score (nSPS) is 16.6. The molecular weight excluding hydrogens is 322 g/mol. The van der Waals surface area contributed by atoms with Gasteiger partial charge in [0.2, 0.25) is 0 Å². The molecule has 0 saturated heterocycles. The van der Waals surface area contributed by atoms with Crippen LogP contribution in [0.1, 0.15) is 38.1 Å². The fourth-order valence-corrected chi connectivity index (χ4v) is 4.61. The van der Waals surface area contributed by atoms with E-state index in [2.05, 4.69) is 9.97 Å². The molecule has 0 atom stereocenters. The minimum absolute atomic E-state index is 0.0537. The third kappa shape index (κ3) is 2.09. The van der Waals surface area contributed by atoms with Gasteiger partial charge in [0, 0.05) is 12.1 Å². The zero-order valence-electron chi connectivity index (χ0n) is 11.8. The summed E-state index contributed by atoms with van der Waals surface area (Å²) in [5, 5.41) is 0.731. The van der Waals surface area contributed by atoms with Crippen molar-refractivity contribution >= 4 is 43.4 Å². The van der Waals surface area contributed by atoms with Crippen LogP contribution in [0.15, 0.2) is 22.0 Å². The topological polar surface area (TPSA) is 67.8 Å². The van der Waals surface area contributed by atoms with E-state index >= 15 is 0 Å². The van der Waals surface area contributed by atoms with Gasteiger partial charge in [0.15, 0.2) is 5.43 Å². The molecule has 1 fully saturated rings. The van der Waals surface area contributed by atoms with E-state index in [1.807, 2.05) is 0 Å². The highest BCUT2D eigenvalue weighted by Gasteiger charge is 2.20. The summed E-state index contributed by atoms with van der Waals surface area (Å²) >= 11 is 7.15. The Hall–Kier alpha value is -1.66. The van der Waals surface area contributed by atoms with Crippen LogP contribution in [-0.2, 0) is 0 Å². The van der Waals surface area contributed by atoms with Crippen molar-refractivity contribution in [1.29, 1.82) is 0 Å². The first kappa shape index (κ1) is 14.0. The van der Waals surface area contributed by atoms with Crippen molar-refractivity contribution in [3.63, 3.8) is 0 Å². The van der Waals surface area contributed by atoms with E-state index < -0.39 is 0 Å². The molecule has 7 heteroatoms. The zero-order valence-corrected chi connectivity index (χ0v) is 13.3. The Morgan fingerprint density at radius 1 is 1.27 bits per heavy atom. The number of halogens is 1. The van der Waals surface area contributed by atoms with Gasteiger partial charge in [0.1, 0.15) is 20.2 Å². The number of pyridine rings is 1. The Morgan fingerprint density at radius 2 is 2.05 bits per heavy atom. The average molecular weight is 336 g/mol. The van der Waals surface area contributed by atoms with Gasteiger partial charge < -0.3 is 4.98 Å². The summed E-state index contributed by atoms with van der Waals surface area (Å²) in [6.07, 6.45) is 7.16. The second kappa shape index (κ2) is 5.21. The summed E-state index contributed by atoms with van der Waals surface area (Å²) in [5.41, 5.74) is 0.226. The quantitative estimate of drug-likeness (QED) is 0.692. The van der Waals surface area contributed by atoms with Crippen LogP contribution in [0.5, 0.6) is 0 Å². The highest BCUT2D eigenvalue weighted by atomic mass is 35.5. The summed E-state index contributed by atoms with van der Waals surface area (Å²) in [4.78, 5) is 32.9. The molecule has 0 aliphatic heterocycles. The van der Waals surface area contributed by atoms with Crippen molar-refractivity contribution in [1.82, 2.24) is 14.5 Å². The van der Waals surface area contributed by atoms with E-state index in [0.717, 1.165) is 25.7 Å².